The van der Waals surface area contributed by atoms with Gasteiger partial charge in [0.15, 0.2) is 12.4 Å². The highest BCUT2D eigenvalue weighted by molar-refractivity contribution is 7.11. The number of aromatic nitrogens is 2. The fourth-order valence-electron chi connectivity index (χ4n) is 3.78. The lowest BCUT2D eigenvalue weighted by Gasteiger charge is -2.49. The second kappa shape index (κ2) is 11.0. The number of para-hydroxylation sites is 1. The molecule has 0 spiro atoms. The number of nitrogens with zero attached hydrogens (tertiary/aromatic N) is 2. The van der Waals surface area contributed by atoms with Gasteiger partial charge in [-0.05, 0) is 44.2 Å². The number of benzene rings is 1. The molecule has 1 unspecified atom stereocenters. The van der Waals surface area contributed by atoms with Crippen LogP contribution in [0.4, 0.5) is 8.78 Å². The molecule has 33 heavy (non-hydrogen) atoms. The first-order valence-corrected chi connectivity index (χ1v) is 11.8. The molecule has 2 aliphatic heterocycles. The minimum atomic E-state index is -2.93. The average molecular weight is 477 g/mol. The van der Waals surface area contributed by atoms with E-state index in [1.165, 1.54) is 42.6 Å². The number of aliphatic hydroxyl groups excluding tert-OH is 1. The van der Waals surface area contributed by atoms with E-state index < -0.39 is 6.61 Å². The Balaban J connectivity index is 0.000000447. The molecule has 1 aliphatic carbocycles. The minimum absolute atomic E-state index is 0.0925. The molecule has 0 amide bonds. The molecule has 3 fully saturated rings. The van der Waals surface area contributed by atoms with Crippen LogP contribution in [0.5, 0.6) is 5.75 Å². The topological polar surface area (TPSA) is 78.5 Å². The van der Waals surface area contributed by atoms with Gasteiger partial charge in [0, 0.05) is 40.8 Å². The van der Waals surface area contributed by atoms with Crippen molar-refractivity contribution < 1.29 is 28.1 Å². The Kier molecular flexibility index (Phi) is 7.85. The highest BCUT2D eigenvalue weighted by Crippen LogP contribution is 2.39. The van der Waals surface area contributed by atoms with Gasteiger partial charge in [0.25, 0.3) is 0 Å². The van der Waals surface area contributed by atoms with Gasteiger partial charge in [0.05, 0.1) is 12.2 Å². The number of pyridine rings is 1. The summed E-state index contributed by atoms with van der Waals surface area (Å²) in [6, 6.07) is 10.1. The molecule has 1 N–H and O–H groups in total. The van der Waals surface area contributed by atoms with Gasteiger partial charge >= 0.3 is 6.61 Å². The Labute approximate surface area is 195 Å². The van der Waals surface area contributed by atoms with E-state index in [-0.39, 0.29) is 18.3 Å². The zero-order chi connectivity index (χ0) is 23.2. The fraction of sp³-hybridized carbons (Fsp3) is 0.417. The molecule has 2 aromatic heterocycles. The van der Waals surface area contributed by atoms with E-state index in [9.17, 15) is 14.0 Å². The number of alkyl halides is 2. The molecular formula is C24H26F2N2O4S. The van der Waals surface area contributed by atoms with Crippen LogP contribution in [0.1, 0.15) is 46.2 Å². The molecule has 6 nitrogen and oxygen atoms in total. The van der Waals surface area contributed by atoms with Crippen molar-refractivity contribution in [3.63, 3.8) is 0 Å². The summed E-state index contributed by atoms with van der Waals surface area (Å²) in [5.74, 6) is -0.245. The van der Waals surface area contributed by atoms with Gasteiger partial charge in [-0.3, -0.25) is 0 Å². The Hall–Kier alpha value is -2.62. The van der Waals surface area contributed by atoms with Gasteiger partial charge in [-0.2, -0.15) is 13.5 Å². The fourth-order valence-corrected chi connectivity index (χ4v) is 4.86. The first kappa shape index (κ1) is 23.5. The second-order valence-electron chi connectivity index (χ2n) is 8.09. The number of rotatable bonds is 9. The van der Waals surface area contributed by atoms with Crippen LogP contribution >= 0.6 is 11.3 Å². The van der Waals surface area contributed by atoms with E-state index in [0.29, 0.717) is 41.8 Å². The summed E-state index contributed by atoms with van der Waals surface area (Å²) in [5.41, 5.74) is 1.36. The summed E-state index contributed by atoms with van der Waals surface area (Å²) >= 11 is 1.48. The van der Waals surface area contributed by atoms with Crippen LogP contribution in [-0.2, 0) is 17.6 Å². The minimum Gasteiger partial charge on any atom is -0.619 e. The van der Waals surface area contributed by atoms with Gasteiger partial charge in [-0.1, -0.05) is 18.2 Å². The van der Waals surface area contributed by atoms with Crippen molar-refractivity contribution in [2.24, 2.45) is 0 Å². The van der Waals surface area contributed by atoms with Crippen LogP contribution in [0.25, 0.3) is 0 Å². The van der Waals surface area contributed by atoms with Crippen LogP contribution in [0.2, 0.25) is 0 Å². The van der Waals surface area contributed by atoms with Crippen LogP contribution < -0.4 is 9.47 Å². The van der Waals surface area contributed by atoms with Crippen molar-refractivity contribution in [1.29, 1.82) is 0 Å². The van der Waals surface area contributed by atoms with E-state index in [1.807, 2.05) is 6.07 Å². The summed E-state index contributed by atoms with van der Waals surface area (Å²) in [6.45, 7) is -2.84. The van der Waals surface area contributed by atoms with Crippen molar-refractivity contribution in [2.75, 3.05) is 6.61 Å². The third kappa shape index (κ3) is 6.25. The van der Waals surface area contributed by atoms with Crippen LogP contribution in [-0.4, -0.2) is 35.5 Å². The van der Waals surface area contributed by atoms with Crippen LogP contribution in [0, 0.1) is 5.21 Å². The zero-order valence-corrected chi connectivity index (χ0v) is 18.8. The number of hydrogen-bond acceptors (Lipinski definition) is 6. The number of ether oxygens (including phenoxy) is 2. The van der Waals surface area contributed by atoms with E-state index in [0.717, 1.165) is 15.4 Å². The molecule has 4 heterocycles. The number of aryl methyl sites for hydroxylation is 1. The maximum atomic E-state index is 12.9. The molecule has 3 aliphatic rings. The Morgan fingerprint density at radius 2 is 1.94 bits per heavy atom. The largest absolute Gasteiger partial charge is 0.619 e. The summed E-state index contributed by atoms with van der Waals surface area (Å²) < 4.78 is 36.2. The third-order valence-corrected chi connectivity index (χ3v) is 6.84. The SMILES string of the molecule is C1C2CC1O2.[O-][n+]1cccc(CC(c2ncc(CCCO)s2)c2ccccc2OC(F)F)c1. The van der Waals surface area contributed by atoms with Crippen molar-refractivity contribution in [1.82, 2.24) is 4.98 Å². The molecule has 9 heteroatoms. The summed E-state index contributed by atoms with van der Waals surface area (Å²) in [6.07, 6.45) is 10.5. The first-order valence-electron chi connectivity index (χ1n) is 10.9. The molecular weight excluding hydrogens is 450 g/mol. The van der Waals surface area contributed by atoms with Gasteiger partial charge in [-0.25, -0.2) is 4.98 Å². The van der Waals surface area contributed by atoms with E-state index in [1.54, 1.807) is 30.5 Å². The quantitative estimate of drug-likeness (QED) is 0.370. The van der Waals surface area contributed by atoms with Crippen LogP contribution in [0.15, 0.2) is 55.0 Å². The van der Waals surface area contributed by atoms with E-state index in [2.05, 4.69) is 4.98 Å². The molecule has 3 aromatic rings. The number of aliphatic hydroxyl groups is 1. The second-order valence-corrected chi connectivity index (χ2v) is 9.24. The average Bonchev–Trinajstić information content (AvgIpc) is 3.17. The smallest absolute Gasteiger partial charge is 0.387 e. The Morgan fingerprint density at radius 3 is 2.58 bits per heavy atom. The Morgan fingerprint density at radius 1 is 1.21 bits per heavy atom. The summed E-state index contributed by atoms with van der Waals surface area (Å²) in [5, 5.41) is 21.4. The predicted molar refractivity (Wildman–Crippen MR) is 119 cm³/mol. The lowest BCUT2D eigenvalue weighted by molar-refractivity contribution is -0.605. The lowest BCUT2D eigenvalue weighted by atomic mass is 9.84. The third-order valence-electron chi connectivity index (χ3n) is 5.67. The zero-order valence-electron chi connectivity index (χ0n) is 18.0. The van der Waals surface area contributed by atoms with Crippen molar-refractivity contribution in [2.45, 2.75) is 56.8 Å². The predicted octanol–water partition coefficient (Wildman–Crippen LogP) is 4.23. The molecule has 1 saturated carbocycles. The monoisotopic (exact) mass is 476 g/mol. The molecule has 2 saturated heterocycles. The van der Waals surface area contributed by atoms with Gasteiger partial charge < -0.3 is 19.8 Å². The standard InChI is InChI=1S/C20H20F2N2O3S.C4H6O/c21-20(22)27-18-8-2-1-7-16(18)17(11-14-5-3-9-24(26)13-14)19-23-12-15(28-19)6-4-10-25;1-3-2-4(1)5-3/h1-3,5,7-9,12-13,17,20,25H,4,6,10-11H2;3-4H,1-2H2. The molecule has 1 aromatic carbocycles. The van der Waals surface area contributed by atoms with Gasteiger partial charge in [-0.15, -0.1) is 11.3 Å². The number of halogens is 2. The lowest BCUT2D eigenvalue weighted by Crippen LogP contribution is -2.52. The van der Waals surface area contributed by atoms with Crippen molar-refractivity contribution in [3.05, 3.63) is 81.2 Å². The first-order chi connectivity index (χ1) is 16.0. The molecule has 1 atom stereocenters. The number of hydrogen-bond donors (Lipinski definition) is 1. The van der Waals surface area contributed by atoms with Crippen molar-refractivity contribution >= 4 is 11.3 Å². The van der Waals surface area contributed by atoms with Gasteiger partial charge in [0.1, 0.15) is 10.8 Å². The Bertz CT molecular complexity index is 1030. The molecule has 0 radical (unpaired) electrons. The summed E-state index contributed by atoms with van der Waals surface area (Å²) in [4.78, 5) is 5.50. The highest BCUT2D eigenvalue weighted by atomic mass is 32.1. The number of thiazole rings is 1. The molecule has 2 bridgehead atoms. The molecule has 6 rings (SSSR count). The van der Waals surface area contributed by atoms with E-state index >= 15 is 0 Å². The van der Waals surface area contributed by atoms with E-state index in [4.69, 9.17) is 14.6 Å². The maximum Gasteiger partial charge on any atom is 0.387 e. The normalized spacial score (nSPS) is 19.2. The van der Waals surface area contributed by atoms with Crippen molar-refractivity contribution in [3.8, 4) is 5.75 Å². The summed E-state index contributed by atoms with van der Waals surface area (Å²) in [7, 11) is 0. The van der Waals surface area contributed by atoms with Gasteiger partial charge in [0.2, 0.25) is 0 Å². The molecule has 176 valence electrons. The highest BCUT2D eigenvalue weighted by Gasteiger charge is 2.43. The maximum absolute atomic E-state index is 12.9. The van der Waals surface area contributed by atoms with Crippen LogP contribution in [0.3, 0.4) is 0 Å².